The Bertz CT molecular complexity index is 1250. The van der Waals surface area contributed by atoms with Gasteiger partial charge in [-0.25, -0.2) is 9.97 Å². The van der Waals surface area contributed by atoms with Gasteiger partial charge >= 0.3 is 0 Å². The van der Waals surface area contributed by atoms with Gasteiger partial charge in [0.15, 0.2) is 0 Å². The van der Waals surface area contributed by atoms with Crippen molar-refractivity contribution >= 4 is 44.5 Å². The lowest BCUT2D eigenvalue weighted by atomic mass is 10.1. The van der Waals surface area contributed by atoms with E-state index in [1.807, 2.05) is 50.4 Å². The van der Waals surface area contributed by atoms with Crippen molar-refractivity contribution in [1.29, 1.82) is 0 Å². The van der Waals surface area contributed by atoms with Gasteiger partial charge in [0.2, 0.25) is 5.91 Å². The molecule has 1 amide bonds. The minimum atomic E-state index is -0.146. The zero-order valence-corrected chi connectivity index (χ0v) is 18.0. The van der Waals surface area contributed by atoms with Gasteiger partial charge in [0.1, 0.15) is 4.83 Å². The average molecular weight is 425 g/mol. The second-order valence-electron chi connectivity index (χ2n) is 6.83. The van der Waals surface area contributed by atoms with Crippen LogP contribution in [0, 0.1) is 20.8 Å². The molecule has 0 saturated heterocycles. The van der Waals surface area contributed by atoms with Crippen molar-refractivity contribution < 1.29 is 4.79 Å². The molecule has 0 spiro atoms. The summed E-state index contributed by atoms with van der Waals surface area (Å²) in [5, 5.41) is 6.57. The van der Waals surface area contributed by atoms with E-state index in [4.69, 9.17) is 0 Å². The predicted octanol–water partition coefficient (Wildman–Crippen LogP) is 4.54. The van der Waals surface area contributed by atoms with Crippen LogP contribution in [0.25, 0.3) is 21.5 Å². The average Bonchev–Trinajstić information content (AvgIpc) is 3.25. The quantitative estimate of drug-likeness (QED) is 0.510. The highest BCUT2D eigenvalue weighted by Gasteiger charge is 2.13. The van der Waals surface area contributed by atoms with E-state index in [0.717, 1.165) is 37.2 Å². The molecule has 3 aromatic heterocycles. The van der Waals surface area contributed by atoms with Crippen molar-refractivity contribution in [1.82, 2.24) is 14.5 Å². The summed E-state index contributed by atoms with van der Waals surface area (Å²) >= 11 is 3.13. The van der Waals surface area contributed by atoms with Gasteiger partial charge in [0.05, 0.1) is 22.4 Å². The summed E-state index contributed by atoms with van der Waals surface area (Å²) in [6.45, 7) is 6.19. The first-order chi connectivity index (χ1) is 13.9. The summed E-state index contributed by atoms with van der Waals surface area (Å²) in [7, 11) is 0. The zero-order chi connectivity index (χ0) is 20.5. The van der Waals surface area contributed by atoms with E-state index < -0.39 is 0 Å². The number of hydrogen-bond acceptors (Lipinski definition) is 6. The number of aryl methyl sites for hydroxylation is 4. The van der Waals surface area contributed by atoms with E-state index in [2.05, 4.69) is 15.3 Å². The molecule has 0 aliphatic heterocycles. The maximum Gasteiger partial charge on any atom is 0.262 e. The number of nitrogens with zero attached hydrogens (tertiary/aromatic N) is 3. The highest BCUT2D eigenvalue weighted by atomic mass is 32.1. The highest BCUT2D eigenvalue weighted by Crippen LogP contribution is 2.25. The van der Waals surface area contributed by atoms with Crippen molar-refractivity contribution in [3.8, 4) is 11.3 Å². The van der Waals surface area contributed by atoms with E-state index >= 15 is 0 Å². The Morgan fingerprint density at radius 2 is 1.93 bits per heavy atom. The molecule has 0 aliphatic rings. The first-order valence-electron chi connectivity index (χ1n) is 9.20. The monoisotopic (exact) mass is 424 g/mol. The topological polar surface area (TPSA) is 76.9 Å². The van der Waals surface area contributed by atoms with Crippen molar-refractivity contribution in [2.45, 2.75) is 33.7 Å². The van der Waals surface area contributed by atoms with Gasteiger partial charge in [-0.2, -0.15) is 0 Å². The number of rotatable bonds is 5. The number of benzene rings is 1. The van der Waals surface area contributed by atoms with E-state index in [-0.39, 0.29) is 24.4 Å². The summed E-state index contributed by atoms with van der Waals surface area (Å²) in [5.74, 6) is -0.146. The van der Waals surface area contributed by atoms with Gasteiger partial charge in [-0.1, -0.05) is 12.1 Å². The molecular formula is C21H20N4O2S2. The molecule has 0 bridgehead atoms. The normalized spacial score (nSPS) is 11.1. The summed E-state index contributed by atoms with van der Waals surface area (Å²) in [5.41, 5.74) is 3.55. The fourth-order valence-corrected chi connectivity index (χ4v) is 4.70. The Morgan fingerprint density at radius 1 is 1.17 bits per heavy atom. The van der Waals surface area contributed by atoms with Crippen LogP contribution in [-0.2, 0) is 11.3 Å². The molecule has 3 heterocycles. The molecule has 0 fully saturated rings. The van der Waals surface area contributed by atoms with Gasteiger partial charge in [-0.15, -0.1) is 22.7 Å². The third-order valence-corrected chi connectivity index (χ3v) is 6.71. The molecule has 148 valence electrons. The lowest BCUT2D eigenvalue weighted by Crippen LogP contribution is -2.23. The number of carbonyl (C=O) groups is 1. The maximum atomic E-state index is 12.7. The van der Waals surface area contributed by atoms with Crippen LogP contribution >= 0.6 is 22.7 Å². The molecule has 6 nitrogen and oxygen atoms in total. The molecule has 0 radical (unpaired) electrons. The smallest absolute Gasteiger partial charge is 0.262 e. The number of nitrogens with one attached hydrogen (secondary N) is 1. The van der Waals surface area contributed by atoms with E-state index in [1.165, 1.54) is 22.2 Å². The summed E-state index contributed by atoms with van der Waals surface area (Å²) in [4.78, 5) is 35.7. The van der Waals surface area contributed by atoms with Crippen LogP contribution in [-0.4, -0.2) is 20.4 Å². The van der Waals surface area contributed by atoms with Crippen molar-refractivity contribution in [2.24, 2.45) is 0 Å². The molecule has 29 heavy (non-hydrogen) atoms. The Kier molecular flexibility index (Phi) is 5.29. The third-order valence-electron chi connectivity index (χ3n) is 4.82. The Labute approximate surface area is 175 Å². The summed E-state index contributed by atoms with van der Waals surface area (Å²) < 4.78 is 1.51. The van der Waals surface area contributed by atoms with Gasteiger partial charge in [-0.3, -0.25) is 14.2 Å². The molecular weight excluding hydrogens is 404 g/mol. The fraction of sp³-hybridized carbons (Fsp3) is 0.238. The first kappa shape index (κ1) is 19.5. The molecule has 0 atom stereocenters. The molecule has 8 heteroatoms. The van der Waals surface area contributed by atoms with Gasteiger partial charge < -0.3 is 5.32 Å². The number of hydrogen-bond donors (Lipinski definition) is 1. The Balaban J connectivity index is 1.41. The van der Waals surface area contributed by atoms with Crippen molar-refractivity contribution in [3.63, 3.8) is 0 Å². The van der Waals surface area contributed by atoms with Gasteiger partial charge in [0, 0.05) is 34.5 Å². The van der Waals surface area contributed by atoms with Gasteiger partial charge in [-0.05, 0) is 38.5 Å². The van der Waals surface area contributed by atoms with Crippen LogP contribution in [0.15, 0.2) is 40.8 Å². The standard InChI is InChI=1S/C21H20N4O2S2/c1-12-13(2)29-20-19(12)21(27)25(11-22-20)9-8-18(26)24-16-6-4-15(5-7-16)17-10-28-14(3)23-17/h4-7,10-11H,8-9H2,1-3H3,(H,24,26). The Hall–Kier alpha value is -2.84. The molecule has 0 unspecified atom stereocenters. The molecule has 0 saturated carbocycles. The predicted molar refractivity (Wildman–Crippen MR) is 119 cm³/mol. The maximum absolute atomic E-state index is 12.7. The van der Waals surface area contributed by atoms with Crippen LogP contribution in [0.1, 0.15) is 21.9 Å². The van der Waals surface area contributed by atoms with E-state index in [9.17, 15) is 9.59 Å². The van der Waals surface area contributed by atoms with Crippen molar-refractivity contribution in [2.75, 3.05) is 5.32 Å². The minimum Gasteiger partial charge on any atom is -0.326 e. The molecule has 4 rings (SSSR count). The minimum absolute atomic E-state index is 0.0902. The lowest BCUT2D eigenvalue weighted by molar-refractivity contribution is -0.116. The zero-order valence-electron chi connectivity index (χ0n) is 16.4. The second-order valence-corrected chi connectivity index (χ2v) is 9.10. The third kappa shape index (κ3) is 3.99. The van der Waals surface area contributed by atoms with E-state index in [1.54, 1.807) is 11.3 Å². The van der Waals surface area contributed by atoms with Gasteiger partial charge in [0.25, 0.3) is 5.56 Å². The highest BCUT2D eigenvalue weighted by molar-refractivity contribution is 7.18. The SMILES string of the molecule is Cc1nc(-c2ccc(NC(=O)CCn3cnc4sc(C)c(C)c4c3=O)cc2)cs1. The first-order valence-corrected chi connectivity index (χ1v) is 10.9. The Morgan fingerprint density at radius 3 is 2.62 bits per heavy atom. The van der Waals surface area contributed by atoms with Crippen LogP contribution in [0.3, 0.4) is 0 Å². The molecule has 0 aliphatic carbocycles. The number of anilines is 1. The fourth-order valence-electron chi connectivity index (χ4n) is 3.10. The van der Waals surface area contributed by atoms with Crippen LogP contribution < -0.4 is 10.9 Å². The molecule has 1 N–H and O–H groups in total. The number of aromatic nitrogens is 3. The molecule has 1 aromatic carbocycles. The summed E-state index contributed by atoms with van der Waals surface area (Å²) in [6, 6.07) is 7.60. The second kappa shape index (κ2) is 7.88. The van der Waals surface area contributed by atoms with Crippen LogP contribution in [0.5, 0.6) is 0 Å². The van der Waals surface area contributed by atoms with Crippen LogP contribution in [0.2, 0.25) is 0 Å². The van der Waals surface area contributed by atoms with Crippen molar-refractivity contribution in [3.05, 3.63) is 61.8 Å². The number of thiophene rings is 1. The van der Waals surface area contributed by atoms with E-state index in [0.29, 0.717) is 5.39 Å². The lowest BCUT2D eigenvalue weighted by Gasteiger charge is -2.08. The largest absolute Gasteiger partial charge is 0.326 e. The number of fused-ring (bicyclic) bond motifs is 1. The number of carbonyl (C=O) groups excluding carboxylic acids is 1. The molecule has 4 aromatic rings. The number of amides is 1. The number of thiazole rings is 1. The van der Waals surface area contributed by atoms with Crippen LogP contribution in [0.4, 0.5) is 5.69 Å². The summed E-state index contributed by atoms with van der Waals surface area (Å²) in [6.07, 6.45) is 1.72.